The van der Waals surface area contributed by atoms with E-state index < -0.39 is 6.10 Å². The first kappa shape index (κ1) is 9.42. The van der Waals surface area contributed by atoms with Crippen molar-refractivity contribution in [3.8, 4) is 0 Å². The molecule has 1 saturated heterocycles. The number of rotatable bonds is 3. The number of aldehydes is 1. The van der Waals surface area contributed by atoms with Gasteiger partial charge >= 0.3 is 0 Å². The van der Waals surface area contributed by atoms with Crippen LogP contribution in [-0.4, -0.2) is 24.8 Å². The Kier molecular flexibility index (Phi) is 3.44. The third kappa shape index (κ3) is 2.16. The average Bonchev–Trinajstić information content (AvgIpc) is 2.42. The molecule has 0 aromatic heterocycles. The van der Waals surface area contributed by atoms with Crippen LogP contribution in [0.15, 0.2) is 12.2 Å². The fourth-order valence-electron chi connectivity index (χ4n) is 1.16. The quantitative estimate of drug-likeness (QED) is 0.473. The second kappa shape index (κ2) is 4.38. The third-order valence-electron chi connectivity index (χ3n) is 1.72. The fraction of sp³-hybridized carbons (Fsp3) is 0.667. The molecule has 1 rings (SSSR count). The largest absolute Gasteiger partial charge is 0.342 e. The molecule has 0 bridgehead atoms. The molecule has 68 valence electrons. The van der Waals surface area contributed by atoms with Crippen LogP contribution in [0.1, 0.15) is 20.3 Å². The average molecular weight is 170 g/mol. The Morgan fingerprint density at radius 3 is 2.58 bits per heavy atom. The van der Waals surface area contributed by atoms with Crippen molar-refractivity contribution in [2.45, 2.75) is 38.8 Å². The highest BCUT2D eigenvalue weighted by Gasteiger charge is 2.31. The van der Waals surface area contributed by atoms with E-state index in [1.54, 1.807) is 6.92 Å². The van der Waals surface area contributed by atoms with Gasteiger partial charge in [-0.3, -0.25) is 0 Å². The predicted molar refractivity (Wildman–Crippen MR) is 44.7 cm³/mol. The molecule has 3 atom stereocenters. The second-order valence-electron chi connectivity index (χ2n) is 2.74. The zero-order valence-electron chi connectivity index (χ0n) is 7.40. The minimum Gasteiger partial charge on any atom is -0.342 e. The maximum Gasteiger partial charge on any atom is 0.156 e. The molecule has 12 heavy (non-hydrogen) atoms. The second-order valence-corrected chi connectivity index (χ2v) is 2.74. The van der Waals surface area contributed by atoms with Crippen LogP contribution in [-0.2, 0) is 14.3 Å². The van der Waals surface area contributed by atoms with E-state index in [1.807, 2.05) is 19.1 Å². The van der Waals surface area contributed by atoms with Gasteiger partial charge in [0.2, 0.25) is 0 Å². The number of carbonyl (C=O) groups is 1. The molecule has 0 saturated carbocycles. The molecule has 0 aromatic carbocycles. The molecule has 0 unspecified atom stereocenters. The van der Waals surface area contributed by atoms with Crippen LogP contribution in [0, 0.1) is 0 Å². The maximum absolute atomic E-state index is 10.5. The van der Waals surface area contributed by atoms with Crippen LogP contribution in [0.3, 0.4) is 0 Å². The van der Waals surface area contributed by atoms with Gasteiger partial charge in [0.05, 0.1) is 0 Å². The van der Waals surface area contributed by atoms with Crippen molar-refractivity contribution in [1.29, 1.82) is 0 Å². The van der Waals surface area contributed by atoms with Crippen molar-refractivity contribution in [2.75, 3.05) is 0 Å². The Labute approximate surface area is 72.4 Å². The Hall–Kier alpha value is -0.670. The summed E-state index contributed by atoms with van der Waals surface area (Å²) < 4.78 is 10.5. The van der Waals surface area contributed by atoms with E-state index in [0.717, 1.165) is 12.7 Å². The lowest BCUT2D eigenvalue weighted by atomic mass is 10.2. The highest BCUT2D eigenvalue weighted by Crippen LogP contribution is 2.18. The van der Waals surface area contributed by atoms with Gasteiger partial charge in [0.1, 0.15) is 12.2 Å². The first-order valence-corrected chi connectivity index (χ1v) is 4.20. The molecular formula is C9H14O3. The molecule has 0 aromatic rings. The third-order valence-corrected chi connectivity index (χ3v) is 1.72. The van der Waals surface area contributed by atoms with E-state index in [9.17, 15) is 4.79 Å². The summed E-state index contributed by atoms with van der Waals surface area (Å²) in [5, 5.41) is 0. The van der Waals surface area contributed by atoms with E-state index in [-0.39, 0.29) is 12.4 Å². The van der Waals surface area contributed by atoms with Gasteiger partial charge in [0.15, 0.2) is 12.6 Å². The van der Waals surface area contributed by atoms with Crippen molar-refractivity contribution in [3.05, 3.63) is 12.2 Å². The lowest BCUT2D eigenvalue weighted by Gasteiger charge is -2.04. The fourth-order valence-corrected chi connectivity index (χ4v) is 1.16. The molecule has 0 spiro atoms. The van der Waals surface area contributed by atoms with Crippen LogP contribution < -0.4 is 0 Å². The summed E-state index contributed by atoms with van der Waals surface area (Å²) in [7, 11) is 0. The summed E-state index contributed by atoms with van der Waals surface area (Å²) in [6.07, 6.45) is 4.69. The predicted octanol–water partition coefficient (Wildman–Crippen LogP) is 1.28. The smallest absolute Gasteiger partial charge is 0.156 e. The molecule has 3 heteroatoms. The van der Waals surface area contributed by atoms with Gasteiger partial charge in [-0.15, -0.1) is 0 Å². The van der Waals surface area contributed by atoms with Gasteiger partial charge in [0.25, 0.3) is 0 Å². The van der Waals surface area contributed by atoms with Gasteiger partial charge in [-0.25, -0.2) is 0 Å². The topological polar surface area (TPSA) is 35.5 Å². The zero-order valence-corrected chi connectivity index (χ0v) is 7.40. The molecule has 1 heterocycles. The van der Waals surface area contributed by atoms with E-state index in [4.69, 9.17) is 9.47 Å². The monoisotopic (exact) mass is 170 g/mol. The Morgan fingerprint density at radius 2 is 2.00 bits per heavy atom. The summed E-state index contributed by atoms with van der Waals surface area (Å²) in [6.45, 7) is 3.82. The summed E-state index contributed by atoms with van der Waals surface area (Å²) >= 11 is 0. The first-order valence-electron chi connectivity index (χ1n) is 4.20. The van der Waals surface area contributed by atoms with E-state index in [0.29, 0.717) is 0 Å². The Morgan fingerprint density at radius 1 is 1.33 bits per heavy atom. The molecule has 0 radical (unpaired) electrons. The van der Waals surface area contributed by atoms with E-state index in [1.165, 1.54) is 0 Å². The van der Waals surface area contributed by atoms with Crippen molar-refractivity contribution in [1.82, 2.24) is 0 Å². The molecule has 0 amide bonds. The van der Waals surface area contributed by atoms with Crippen molar-refractivity contribution in [2.24, 2.45) is 0 Å². The van der Waals surface area contributed by atoms with Crippen LogP contribution in [0.4, 0.5) is 0 Å². The van der Waals surface area contributed by atoms with Gasteiger partial charge in [-0.05, 0) is 13.3 Å². The highest BCUT2D eigenvalue weighted by molar-refractivity contribution is 5.58. The summed E-state index contributed by atoms with van der Waals surface area (Å²) in [6, 6.07) is 0. The summed E-state index contributed by atoms with van der Waals surface area (Å²) in [4.78, 5) is 10.5. The Balaban J connectivity index is 2.51. The van der Waals surface area contributed by atoms with Gasteiger partial charge in [-0.1, -0.05) is 19.1 Å². The molecule has 1 fully saturated rings. The van der Waals surface area contributed by atoms with Crippen molar-refractivity contribution < 1.29 is 14.3 Å². The normalized spacial score (nSPS) is 36.0. The zero-order chi connectivity index (χ0) is 8.97. The lowest BCUT2D eigenvalue weighted by molar-refractivity contribution is -0.118. The summed E-state index contributed by atoms with van der Waals surface area (Å²) in [5.74, 6) is 0. The molecule has 1 aliphatic heterocycles. The minimum atomic E-state index is -0.428. The van der Waals surface area contributed by atoms with Crippen LogP contribution >= 0.6 is 0 Å². The molecule has 1 aliphatic rings. The van der Waals surface area contributed by atoms with Crippen LogP contribution in [0.5, 0.6) is 0 Å². The lowest BCUT2D eigenvalue weighted by Crippen LogP contribution is -2.21. The number of hydrogen-bond donors (Lipinski definition) is 0. The van der Waals surface area contributed by atoms with Gasteiger partial charge in [0, 0.05) is 0 Å². The number of allylic oxidation sites excluding steroid dienone is 1. The maximum atomic E-state index is 10.5. The van der Waals surface area contributed by atoms with Gasteiger partial charge in [-0.2, -0.15) is 0 Å². The SMILES string of the molecule is CC/C=C/[C@@H]1O[C@H](C)O[C@@H]1C=O. The van der Waals surface area contributed by atoms with Crippen molar-refractivity contribution >= 4 is 6.29 Å². The van der Waals surface area contributed by atoms with Crippen molar-refractivity contribution in [3.63, 3.8) is 0 Å². The number of carbonyl (C=O) groups excluding carboxylic acids is 1. The molecule has 3 nitrogen and oxygen atoms in total. The van der Waals surface area contributed by atoms with Crippen LogP contribution in [0.25, 0.3) is 0 Å². The molecule has 0 aliphatic carbocycles. The number of ether oxygens (including phenoxy) is 2. The van der Waals surface area contributed by atoms with Gasteiger partial charge < -0.3 is 14.3 Å². The van der Waals surface area contributed by atoms with E-state index in [2.05, 4.69) is 0 Å². The molecule has 0 N–H and O–H groups in total. The number of hydrogen-bond acceptors (Lipinski definition) is 3. The van der Waals surface area contributed by atoms with E-state index >= 15 is 0 Å². The Bertz CT molecular complexity index is 177. The highest BCUT2D eigenvalue weighted by atomic mass is 16.7. The standard InChI is InChI=1S/C9H14O3/c1-3-4-5-8-9(6-10)12-7(2)11-8/h4-9H,3H2,1-2H3/b5-4+/t7-,8-,9+/m0/s1. The summed E-state index contributed by atoms with van der Waals surface area (Å²) in [5.41, 5.74) is 0. The minimum absolute atomic E-state index is 0.197. The van der Waals surface area contributed by atoms with Crippen LogP contribution in [0.2, 0.25) is 0 Å². The molecular weight excluding hydrogens is 156 g/mol. The first-order chi connectivity index (χ1) is 5.77.